The smallest absolute Gasteiger partial charge is 0.350 e. The van der Waals surface area contributed by atoms with Crippen LogP contribution in [0.3, 0.4) is 0 Å². The number of carbonyl (C=O) groups is 2. The molecule has 0 saturated carbocycles. The molecule has 6 heteroatoms. The second-order valence-corrected chi connectivity index (χ2v) is 3.92. The number of hydrogen-bond acceptors (Lipinski definition) is 6. The summed E-state index contributed by atoms with van der Waals surface area (Å²) in [7, 11) is 1.22. The standard InChI is InChI=1S/C10H16O6/c1-6(11)15-8(9(12)13-4)7-5-14-10(2,3)16-7/h7-8H,5H2,1-4H3. The van der Waals surface area contributed by atoms with Gasteiger partial charge < -0.3 is 18.9 Å². The molecule has 0 N–H and O–H groups in total. The average molecular weight is 232 g/mol. The van der Waals surface area contributed by atoms with Crippen LogP contribution in [-0.2, 0) is 28.5 Å². The molecule has 0 radical (unpaired) electrons. The highest BCUT2D eigenvalue weighted by Crippen LogP contribution is 2.25. The second kappa shape index (κ2) is 4.80. The fraction of sp³-hybridized carbons (Fsp3) is 0.800. The Morgan fingerprint density at radius 1 is 1.44 bits per heavy atom. The van der Waals surface area contributed by atoms with E-state index in [1.54, 1.807) is 13.8 Å². The van der Waals surface area contributed by atoms with Crippen LogP contribution in [0.1, 0.15) is 20.8 Å². The van der Waals surface area contributed by atoms with Crippen molar-refractivity contribution in [3.05, 3.63) is 0 Å². The highest BCUT2D eigenvalue weighted by atomic mass is 16.8. The molecule has 6 nitrogen and oxygen atoms in total. The molecule has 2 atom stereocenters. The van der Waals surface area contributed by atoms with Gasteiger partial charge in [-0.3, -0.25) is 4.79 Å². The summed E-state index contributed by atoms with van der Waals surface area (Å²) in [5.41, 5.74) is 0. The number of esters is 2. The Kier molecular flexibility index (Phi) is 3.88. The summed E-state index contributed by atoms with van der Waals surface area (Å²) in [6.45, 7) is 4.83. The number of hydrogen-bond donors (Lipinski definition) is 0. The van der Waals surface area contributed by atoms with Crippen molar-refractivity contribution >= 4 is 11.9 Å². The predicted molar refractivity (Wildman–Crippen MR) is 52.5 cm³/mol. The van der Waals surface area contributed by atoms with Gasteiger partial charge in [0.1, 0.15) is 6.10 Å². The van der Waals surface area contributed by atoms with Gasteiger partial charge in [-0.15, -0.1) is 0 Å². The molecular formula is C10H16O6. The van der Waals surface area contributed by atoms with Crippen LogP contribution in [-0.4, -0.2) is 43.7 Å². The summed E-state index contributed by atoms with van der Waals surface area (Å²) in [4.78, 5) is 22.3. The summed E-state index contributed by atoms with van der Waals surface area (Å²) >= 11 is 0. The Morgan fingerprint density at radius 2 is 2.06 bits per heavy atom. The zero-order chi connectivity index (χ0) is 12.3. The first-order valence-electron chi connectivity index (χ1n) is 4.92. The molecule has 1 aliphatic rings. The molecule has 0 aliphatic carbocycles. The second-order valence-electron chi connectivity index (χ2n) is 3.92. The monoisotopic (exact) mass is 232 g/mol. The van der Waals surface area contributed by atoms with Gasteiger partial charge in [0, 0.05) is 6.92 Å². The lowest BCUT2D eigenvalue weighted by atomic mass is 10.2. The molecule has 92 valence electrons. The average Bonchev–Trinajstić information content (AvgIpc) is 2.53. The van der Waals surface area contributed by atoms with Gasteiger partial charge in [-0.1, -0.05) is 0 Å². The minimum Gasteiger partial charge on any atom is -0.466 e. The maximum Gasteiger partial charge on any atom is 0.350 e. The molecule has 1 saturated heterocycles. The van der Waals surface area contributed by atoms with Crippen LogP contribution < -0.4 is 0 Å². The first-order chi connectivity index (χ1) is 7.35. The molecule has 1 aliphatic heterocycles. The van der Waals surface area contributed by atoms with Crippen LogP contribution in [0.5, 0.6) is 0 Å². The molecule has 1 rings (SSSR count). The summed E-state index contributed by atoms with van der Waals surface area (Å²) in [6, 6.07) is 0. The number of carbonyl (C=O) groups excluding carboxylic acids is 2. The molecular weight excluding hydrogens is 216 g/mol. The molecule has 1 fully saturated rings. The normalized spacial score (nSPS) is 24.9. The van der Waals surface area contributed by atoms with Crippen molar-refractivity contribution in [3.63, 3.8) is 0 Å². The maximum absolute atomic E-state index is 11.4. The van der Waals surface area contributed by atoms with E-state index in [-0.39, 0.29) is 6.61 Å². The van der Waals surface area contributed by atoms with Crippen LogP contribution >= 0.6 is 0 Å². The fourth-order valence-electron chi connectivity index (χ4n) is 1.44. The Morgan fingerprint density at radius 3 is 2.44 bits per heavy atom. The number of methoxy groups -OCH3 is 1. The summed E-state index contributed by atoms with van der Waals surface area (Å²) in [5.74, 6) is -2.00. The predicted octanol–water partition coefficient (Wildman–Crippen LogP) is 0.243. The fourth-order valence-corrected chi connectivity index (χ4v) is 1.44. The van der Waals surface area contributed by atoms with Gasteiger partial charge in [0.2, 0.25) is 6.10 Å². The summed E-state index contributed by atoms with van der Waals surface area (Å²) in [6.07, 6.45) is -1.71. The van der Waals surface area contributed by atoms with Crippen molar-refractivity contribution in [2.75, 3.05) is 13.7 Å². The largest absolute Gasteiger partial charge is 0.466 e. The van der Waals surface area contributed by atoms with E-state index >= 15 is 0 Å². The summed E-state index contributed by atoms with van der Waals surface area (Å²) in [5, 5.41) is 0. The van der Waals surface area contributed by atoms with Crippen molar-refractivity contribution in [1.29, 1.82) is 0 Å². The highest BCUT2D eigenvalue weighted by Gasteiger charge is 2.42. The van der Waals surface area contributed by atoms with Crippen molar-refractivity contribution < 1.29 is 28.5 Å². The Balaban J connectivity index is 2.70. The maximum atomic E-state index is 11.4. The van der Waals surface area contributed by atoms with Gasteiger partial charge in [-0.05, 0) is 13.8 Å². The van der Waals surface area contributed by atoms with E-state index in [2.05, 4.69) is 4.74 Å². The number of ether oxygens (including phenoxy) is 4. The van der Waals surface area contributed by atoms with Gasteiger partial charge in [-0.25, -0.2) is 4.79 Å². The zero-order valence-corrected chi connectivity index (χ0v) is 9.81. The Bertz CT molecular complexity index is 285. The van der Waals surface area contributed by atoms with Crippen LogP contribution in [0.25, 0.3) is 0 Å². The first kappa shape index (κ1) is 12.9. The third kappa shape index (κ3) is 3.18. The third-order valence-electron chi connectivity index (χ3n) is 2.09. The summed E-state index contributed by atoms with van der Waals surface area (Å²) < 4.78 is 20.1. The van der Waals surface area contributed by atoms with Gasteiger partial charge in [-0.2, -0.15) is 0 Å². The molecule has 0 spiro atoms. The lowest BCUT2D eigenvalue weighted by Gasteiger charge is -2.21. The topological polar surface area (TPSA) is 71.1 Å². The lowest BCUT2D eigenvalue weighted by molar-refractivity contribution is -0.183. The molecule has 0 amide bonds. The Hall–Kier alpha value is -1.14. The van der Waals surface area contributed by atoms with Crippen molar-refractivity contribution in [1.82, 2.24) is 0 Å². The van der Waals surface area contributed by atoms with E-state index in [1.165, 1.54) is 14.0 Å². The van der Waals surface area contributed by atoms with Gasteiger partial charge in [0.25, 0.3) is 0 Å². The van der Waals surface area contributed by atoms with E-state index < -0.39 is 29.9 Å². The molecule has 1 heterocycles. The molecule has 0 aromatic heterocycles. The van der Waals surface area contributed by atoms with Crippen molar-refractivity contribution in [3.8, 4) is 0 Å². The minimum absolute atomic E-state index is 0.181. The van der Waals surface area contributed by atoms with Gasteiger partial charge in [0.15, 0.2) is 5.79 Å². The third-order valence-corrected chi connectivity index (χ3v) is 2.09. The van der Waals surface area contributed by atoms with Crippen LogP contribution in [0.2, 0.25) is 0 Å². The van der Waals surface area contributed by atoms with Crippen LogP contribution in [0.15, 0.2) is 0 Å². The highest BCUT2D eigenvalue weighted by molar-refractivity contribution is 5.79. The van der Waals surface area contributed by atoms with Crippen molar-refractivity contribution in [2.24, 2.45) is 0 Å². The van der Waals surface area contributed by atoms with E-state index in [0.717, 1.165) is 0 Å². The quantitative estimate of drug-likeness (QED) is 0.649. The first-order valence-corrected chi connectivity index (χ1v) is 4.92. The molecule has 0 aromatic carbocycles. The van der Waals surface area contributed by atoms with E-state index in [1.807, 2.05) is 0 Å². The van der Waals surface area contributed by atoms with Crippen LogP contribution in [0.4, 0.5) is 0 Å². The molecule has 16 heavy (non-hydrogen) atoms. The minimum atomic E-state index is -1.08. The molecule has 2 unspecified atom stereocenters. The van der Waals surface area contributed by atoms with E-state index in [0.29, 0.717) is 0 Å². The van der Waals surface area contributed by atoms with E-state index in [4.69, 9.17) is 14.2 Å². The zero-order valence-electron chi connectivity index (χ0n) is 9.81. The molecule has 0 aromatic rings. The Labute approximate surface area is 93.8 Å². The van der Waals surface area contributed by atoms with Gasteiger partial charge >= 0.3 is 11.9 Å². The van der Waals surface area contributed by atoms with Gasteiger partial charge in [0.05, 0.1) is 13.7 Å². The van der Waals surface area contributed by atoms with Crippen LogP contribution in [0, 0.1) is 0 Å². The SMILES string of the molecule is COC(=O)C(OC(C)=O)C1COC(C)(C)O1. The molecule has 0 bridgehead atoms. The number of rotatable bonds is 3. The lowest BCUT2D eigenvalue weighted by Crippen LogP contribution is -2.41. The van der Waals surface area contributed by atoms with Crippen molar-refractivity contribution in [2.45, 2.75) is 38.8 Å². The van der Waals surface area contributed by atoms with E-state index in [9.17, 15) is 9.59 Å².